The Labute approximate surface area is 114 Å². The Hall–Kier alpha value is -2.10. The molecule has 0 unspecified atom stereocenters. The highest BCUT2D eigenvalue weighted by Gasteiger charge is 2.15. The molecule has 4 heteroatoms. The van der Waals surface area contributed by atoms with Crippen LogP contribution in [0.15, 0.2) is 42.8 Å². The van der Waals surface area contributed by atoms with Crippen molar-refractivity contribution in [2.45, 2.75) is 13.8 Å². The third-order valence-corrected chi connectivity index (χ3v) is 3.10. The van der Waals surface area contributed by atoms with E-state index in [1.807, 2.05) is 19.1 Å². The number of likely N-dealkylation sites (N-methyl/N-ethyl adjacent to an activating group) is 1. The smallest absolute Gasteiger partial charge is 0.231 e. The largest absolute Gasteiger partial charge is 0.454 e. The van der Waals surface area contributed by atoms with E-state index in [4.69, 9.17) is 9.47 Å². The normalized spacial score (nSPS) is 13.3. The summed E-state index contributed by atoms with van der Waals surface area (Å²) in [4.78, 5) is 2.26. The molecule has 102 valence electrons. The molecule has 1 aromatic rings. The van der Waals surface area contributed by atoms with Crippen molar-refractivity contribution in [3.05, 3.63) is 42.8 Å². The molecule has 2 rings (SSSR count). The van der Waals surface area contributed by atoms with E-state index in [0.29, 0.717) is 6.79 Å². The number of hydrogen-bond donors (Lipinski definition) is 1. The number of allylic oxidation sites excluding steroid dienone is 1. The van der Waals surface area contributed by atoms with Crippen molar-refractivity contribution >= 4 is 5.69 Å². The van der Waals surface area contributed by atoms with Crippen molar-refractivity contribution in [1.29, 1.82) is 0 Å². The standard InChI is InChI=1S/C15H20N2O2/c1-4-12(16-5-2)10-17(6-3)13-7-8-14-15(9-13)19-11-18-14/h4-5,7-9,16H,2,6,10-11H2,1,3H3/b12-4-. The highest BCUT2D eigenvalue weighted by atomic mass is 16.7. The zero-order valence-electron chi connectivity index (χ0n) is 11.5. The molecule has 0 bridgehead atoms. The lowest BCUT2D eigenvalue weighted by Crippen LogP contribution is -2.28. The molecule has 1 N–H and O–H groups in total. The van der Waals surface area contributed by atoms with Crippen LogP contribution in [0.4, 0.5) is 5.69 Å². The van der Waals surface area contributed by atoms with Crippen LogP contribution in [-0.2, 0) is 0 Å². The molecule has 0 radical (unpaired) electrons. The lowest BCUT2D eigenvalue weighted by atomic mass is 10.2. The molecule has 0 aliphatic carbocycles. The Morgan fingerprint density at radius 3 is 2.89 bits per heavy atom. The predicted molar refractivity (Wildman–Crippen MR) is 77.5 cm³/mol. The second kappa shape index (κ2) is 6.18. The minimum atomic E-state index is 0.309. The Kier molecular flexibility index (Phi) is 4.34. The first-order valence-electron chi connectivity index (χ1n) is 6.45. The van der Waals surface area contributed by atoms with Crippen molar-refractivity contribution in [2.75, 3.05) is 24.8 Å². The fourth-order valence-electron chi connectivity index (χ4n) is 2.02. The van der Waals surface area contributed by atoms with Crippen LogP contribution < -0.4 is 19.7 Å². The minimum absolute atomic E-state index is 0.309. The predicted octanol–water partition coefficient (Wildman–Crippen LogP) is 2.88. The van der Waals surface area contributed by atoms with Gasteiger partial charge < -0.3 is 19.7 Å². The molecule has 0 atom stereocenters. The molecule has 0 saturated carbocycles. The van der Waals surface area contributed by atoms with Gasteiger partial charge in [0.25, 0.3) is 0 Å². The van der Waals surface area contributed by atoms with Gasteiger partial charge in [0.15, 0.2) is 11.5 Å². The summed E-state index contributed by atoms with van der Waals surface area (Å²) in [5, 5.41) is 3.15. The first-order chi connectivity index (χ1) is 9.28. The maximum Gasteiger partial charge on any atom is 0.231 e. The van der Waals surface area contributed by atoms with E-state index in [2.05, 4.69) is 35.9 Å². The number of ether oxygens (including phenoxy) is 2. The second-order valence-electron chi connectivity index (χ2n) is 4.21. The molecular formula is C15H20N2O2. The molecule has 4 nitrogen and oxygen atoms in total. The SMILES string of the molecule is C=CN/C(=C\C)CN(CC)c1ccc2c(c1)OCO2. The van der Waals surface area contributed by atoms with E-state index >= 15 is 0 Å². The number of benzene rings is 1. The van der Waals surface area contributed by atoms with Crippen molar-refractivity contribution < 1.29 is 9.47 Å². The fourth-order valence-corrected chi connectivity index (χ4v) is 2.02. The Morgan fingerprint density at radius 1 is 1.42 bits per heavy atom. The number of hydrogen-bond acceptors (Lipinski definition) is 4. The average Bonchev–Trinajstić information content (AvgIpc) is 2.90. The van der Waals surface area contributed by atoms with Gasteiger partial charge in [0, 0.05) is 24.0 Å². The van der Waals surface area contributed by atoms with Gasteiger partial charge in [-0.25, -0.2) is 0 Å². The number of anilines is 1. The van der Waals surface area contributed by atoms with Crippen LogP contribution in [0.5, 0.6) is 11.5 Å². The molecule has 0 amide bonds. The van der Waals surface area contributed by atoms with E-state index in [1.165, 1.54) is 0 Å². The summed E-state index contributed by atoms with van der Waals surface area (Å²) in [5.74, 6) is 1.63. The molecule has 19 heavy (non-hydrogen) atoms. The number of fused-ring (bicyclic) bond motifs is 1. The minimum Gasteiger partial charge on any atom is -0.454 e. The molecule has 1 aliphatic rings. The zero-order valence-corrected chi connectivity index (χ0v) is 11.5. The fraction of sp³-hybridized carbons (Fsp3) is 0.333. The van der Waals surface area contributed by atoms with Crippen molar-refractivity contribution in [2.24, 2.45) is 0 Å². The number of rotatable bonds is 6. The van der Waals surface area contributed by atoms with Crippen LogP contribution in [0.2, 0.25) is 0 Å². The number of nitrogens with zero attached hydrogens (tertiary/aromatic N) is 1. The molecule has 0 fully saturated rings. The third-order valence-electron chi connectivity index (χ3n) is 3.10. The van der Waals surface area contributed by atoms with Gasteiger partial charge in [-0.2, -0.15) is 0 Å². The van der Waals surface area contributed by atoms with E-state index in [0.717, 1.165) is 36.0 Å². The van der Waals surface area contributed by atoms with Gasteiger partial charge >= 0.3 is 0 Å². The van der Waals surface area contributed by atoms with E-state index < -0.39 is 0 Å². The number of nitrogens with one attached hydrogen (secondary N) is 1. The van der Waals surface area contributed by atoms with Crippen molar-refractivity contribution in [3.8, 4) is 11.5 Å². The highest BCUT2D eigenvalue weighted by molar-refractivity contribution is 5.57. The van der Waals surface area contributed by atoms with E-state index in [-0.39, 0.29) is 0 Å². The summed E-state index contributed by atoms with van der Waals surface area (Å²) in [6.07, 6.45) is 3.75. The summed E-state index contributed by atoms with van der Waals surface area (Å²) in [6, 6.07) is 6.03. The molecule has 0 aromatic heterocycles. The Bertz CT molecular complexity index is 483. The van der Waals surface area contributed by atoms with Crippen LogP contribution in [0.25, 0.3) is 0 Å². The van der Waals surface area contributed by atoms with Gasteiger partial charge in [-0.15, -0.1) is 0 Å². The van der Waals surface area contributed by atoms with Crippen molar-refractivity contribution in [3.63, 3.8) is 0 Å². The van der Waals surface area contributed by atoms with Gasteiger partial charge in [0.05, 0.1) is 6.54 Å². The van der Waals surface area contributed by atoms with Gasteiger partial charge in [0.2, 0.25) is 6.79 Å². The molecule has 1 heterocycles. The zero-order chi connectivity index (χ0) is 13.7. The summed E-state index contributed by atoms with van der Waals surface area (Å²) in [7, 11) is 0. The van der Waals surface area contributed by atoms with Gasteiger partial charge in [-0.05, 0) is 32.2 Å². The molecule has 1 aliphatic heterocycles. The van der Waals surface area contributed by atoms with Crippen LogP contribution in [-0.4, -0.2) is 19.9 Å². The second-order valence-corrected chi connectivity index (χ2v) is 4.21. The molecule has 0 spiro atoms. The quantitative estimate of drug-likeness (QED) is 0.852. The van der Waals surface area contributed by atoms with E-state index in [9.17, 15) is 0 Å². The van der Waals surface area contributed by atoms with Crippen LogP contribution >= 0.6 is 0 Å². The van der Waals surface area contributed by atoms with Gasteiger partial charge in [-0.1, -0.05) is 12.7 Å². The Morgan fingerprint density at radius 2 is 2.21 bits per heavy atom. The first kappa shape index (κ1) is 13.3. The first-order valence-corrected chi connectivity index (χ1v) is 6.45. The molecule has 0 saturated heterocycles. The summed E-state index contributed by atoms with van der Waals surface area (Å²) in [5.41, 5.74) is 2.24. The maximum absolute atomic E-state index is 5.42. The lowest BCUT2D eigenvalue weighted by molar-refractivity contribution is 0.174. The van der Waals surface area contributed by atoms with Crippen LogP contribution in [0, 0.1) is 0 Å². The maximum atomic E-state index is 5.42. The molecular weight excluding hydrogens is 240 g/mol. The van der Waals surface area contributed by atoms with Crippen LogP contribution in [0.3, 0.4) is 0 Å². The topological polar surface area (TPSA) is 33.7 Å². The third kappa shape index (κ3) is 3.02. The lowest BCUT2D eigenvalue weighted by Gasteiger charge is -2.24. The summed E-state index contributed by atoms with van der Waals surface area (Å²) >= 11 is 0. The average molecular weight is 260 g/mol. The van der Waals surface area contributed by atoms with Gasteiger partial charge in [0.1, 0.15) is 0 Å². The molecule has 1 aromatic carbocycles. The monoisotopic (exact) mass is 260 g/mol. The Balaban J connectivity index is 2.15. The van der Waals surface area contributed by atoms with Gasteiger partial charge in [-0.3, -0.25) is 0 Å². The van der Waals surface area contributed by atoms with Crippen molar-refractivity contribution in [1.82, 2.24) is 5.32 Å². The van der Waals surface area contributed by atoms with E-state index in [1.54, 1.807) is 6.20 Å². The summed E-state index contributed by atoms with van der Waals surface area (Å²) < 4.78 is 10.7. The summed E-state index contributed by atoms with van der Waals surface area (Å²) in [6.45, 7) is 9.86. The highest BCUT2D eigenvalue weighted by Crippen LogP contribution is 2.35. The van der Waals surface area contributed by atoms with Crippen LogP contribution in [0.1, 0.15) is 13.8 Å².